The number of rotatable bonds is 4. The van der Waals surface area contributed by atoms with E-state index in [2.05, 4.69) is 4.98 Å². The lowest BCUT2D eigenvalue weighted by atomic mass is 10.2. The molecule has 0 bridgehead atoms. The third-order valence-corrected chi connectivity index (χ3v) is 3.46. The lowest BCUT2D eigenvalue weighted by Crippen LogP contribution is -2.50. The molecule has 122 valence electrons. The van der Waals surface area contributed by atoms with Crippen LogP contribution in [-0.4, -0.2) is 55.2 Å². The summed E-state index contributed by atoms with van der Waals surface area (Å²) in [4.78, 5) is 19.2. The van der Waals surface area contributed by atoms with E-state index in [1.165, 1.54) is 6.07 Å². The highest BCUT2D eigenvalue weighted by molar-refractivity contribution is 5.77. The van der Waals surface area contributed by atoms with E-state index in [4.69, 9.17) is 4.74 Å². The highest BCUT2D eigenvalue weighted by Gasteiger charge is 2.31. The molecule has 1 amide bonds. The summed E-state index contributed by atoms with van der Waals surface area (Å²) in [5, 5.41) is 0. The Morgan fingerprint density at radius 3 is 2.45 bits per heavy atom. The number of hydrogen-bond donors (Lipinski definition) is 0. The van der Waals surface area contributed by atoms with Crippen LogP contribution in [0.1, 0.15) is 12.5 Å². The lowest BCUT2D eigenvalue weighted by molar-refractivity contribution is -0.138. The molecule has 0 N–H and O–H groups in total. The Hall–Kier alpha value is -1.83. The minimum Gasteiger partial charge on any atom is -0.372 e. The summed E-state index contributed by atoms with van der Waals surface area (Å²) >= 11 is 0. The van der Waals surface area contributed by atoms with Gasteiger partial charge in [0.1, 0.15) is 12.4 Å². The van der Waals surface area contributed by atoms with E-state index in [9.17, 15) is 18.0 Å². The molecule has 0 aliphatic carbocycles. The van der Waals surface area contributed by atoms with Gasteiger partial charge in [-0.25, -0.2) is 4.98 Å². The van der Waals surface area contributed by atoms with Crippen molar-refractivity contribution in [2.75, 3.05) is 44.3 Å². The van der Waals surface area contributed by atoms with E-state index in [1.807, 2.05) is 11.8 Å². The van der Waals surface area contributed by atoms with Gasteiger partial charge in [0.25, 0.3) is 0 Å². The summed E-state index contributed by atoms with van der Waals surface area (Å²) in [7, 11) is 0. The van der Waals surface area contributed by atoms with Gasteiger partial charge in [-0.05, 0) is 19.1 Å². The Balaban J connectivity index is 1.90. The maximum absolute atomic E-state index is 12.5. The molecule has 0 radical (unpaired) electrons. The van der Waals surface area contributed by atoms with Crippen LogP contribution in [0.25, 0.3) is 0 Å². The van der Waals surface area contributed by atoms with Gasteiger partial charge in [0, 0.05) is 39.0 Å². The van der Waals surface area contributed by atoms with Crippen molar-refractivity contribution < 1.29 is 22.7 Å². The van der Waals surface area contributed by atoms with E-state index in [0.29, 0.717) is 38.6 Å². The molecule has 5 nitrogen and oxygen atoms in total. The molecule has 1 fully saturated rings. The number of ether oxygens (including phenoxy) is 1. The number of piperazine rings is 1. The molecule has 0 unspecified atom stereocenters. The molecule has 1 aromatic rings. The van der Waals surface area contributed by atoms with Crippen molar-refractivity contribution >= 4 is 11.7 Å². The average Bonchev–Trinajstić information content (AvgIpc) is 2.52. The van der Waals surface area contributed by atoms with Crippen LogP contribution in [0.2, 0.25) is 0 Å². The van der Waals surface area contributed by atoms with Crippen LogP contribution in [0.5, 0.6) is 0 Å². The highest BCUT2D eigenvalue weighted by Crippen LogP contribution is 2.29. The van der Waals surface area contributed by atoms with Crippen LogP contribution in [0.3, 0.4) is 0 Å². The molecular formula is C14H18F3N3O2. The second-order valence-corrected chi connectivity index (χ2v) is 4.91. The number of amides is 1. The Morgan fingerprint density at radius 2 is 1.95 bits per heavy atom. The molecule has 0 atom stereocenters. The maximum Gasteiger partial charge on any atom is 0.417 e. The van der Waals surface area contributed by atoms with Crippen LogP contribution in [-0.2, 0) is 15.7 Å². The van der Waals surface area contributed by atoms with E-state index in [-0.39, 0.29) is 12.5 Å². The molecule has 1 aliphatic heterocycles. The minimum absolute atomic E-state index is 0.0645. The van der Waals surface area contributed by atoms with Gasteiger partial charge >= 0.3 is 6.18 Å². The number of nitrogens with zero attached hydrogens (tertiary/aromatic N) is 3. The van der Waals surface area contributed by atoms with Gasteiger partial charge in [-0.1, -0.05) is 0 Å². The lowest BCUT2D eigenvalue weighted by Gasteiger charge is -2.35. The van der Waals surface area contributed by atoms with Crippen molar-refractivity contribution in [3.63, 3.8) is 0 Å². The van der Waals surface area contributed by atoms with E-state index >= 15 is 0 Å². The molecule has 22 heavy (non-hydrogen) atoms. The Bertz CT molecular complexity index is 497. The molecule has 1 aliphatic rings. The Morgan fingerprint density at radius 1 is 1.27 bits per heavy atom. The van der Waals surface area contributed by atoms with Crippen LogP contribution >= 0.6 is 0 Å². The van der Waals surface area contributed by atoms with Crippen molar-refractivity contribution in [3.8, 4) is 0 Å². The van der Waals surface area contributed by atoms with Crippen LogP contribution in [0, 0.1) is 0 Å². The van der Waals surface area contributed by atoms with E-state index < -0.39 is 11.7 Å². The highest BCUT2D eigenvalue weighted by atomic mass is 19.4. The molecule has 2 heterocycles. The predicted molar refractivity (Wildman–Crippen MR) is 74.5 cm³/mol. The van der Waals surface area contributed by atoms with E-state index in [0.717, 1.165) is 12.3 Å². The quantitative estimate of drug-likeness (QED) is 0.849. The van der Waals surface area contributed by atoms with Gasteiger partial charge in [-0.3, -0.25) is 4.79 Å². The SMILES string of the molecule is CCOCC(=O)N1CCN(c2ccc(C(F)(F)F)cn2)CC1. The topological polar surface area (TPSA) is 45.7 Å². The molecule has 2 rings (SSSR count). The summed E-state index contributed by atoms with van der Waals surface area (Å²) < 4.78 is 42.6. The average molecular weight is 317 g/mol. The van der Waals surface area contributed by atoms with Gasteiger partial charge in [-0.2, -0.15) is 13.2 Å². The predicted octanol–water partition coefficient (Wildman–Crippen LogP) is 1.79. The number of hydrogen-bond acceptors (Lipinski definition) is 4. The van der Waals surface area contributed by atoms with Crippen molar-refractivity contribution in [2.24, 2.45) is 0 Å². The first-order valence-corrected chi connectivity index (χ1v) is 7.05. The van der Waals surface area contributed by atoms with Gasteiger partial charge in [0.15, 0.2) is 0 Å². The summed E-state index contributed by atoms with van der Waals surface area (Å²) in [5.41, 5.74) is -0.762. The fourth-order valence-electron chi connectivity index (χ4n) is 2.21. The number of carbonyl (C=O) groups excluding carboxylic acids is 1. The Kier molecular flexibility index (Phi) is 5.23. The fourth-order valence-corrected chi connectivity index (χ4v) is 2.21. The number of carbonyl (C=O) groups is 1. The third kappa shape index (κ3) is 4.09. The number of halogens is 3. The first kappa shape index (κ1) is 16.5. The number of anilines is 1. The molecule has 0 aromatic carbocycles. The molecule has 1 aromatic heterocycles. The first-order chi connectivity index (χ1) is 10.4. The van der Waals surface area contributed by atoms with Gasteiger partial charge in [0.2, 0.25) is 5.91 Å². The summed E-state index contributed by atoms with van der Waals surface area (Å²) in [6.45, 7) is 4.47. The standard InChI is InChI=1S/C14H18F3N3O2/c1-2-22-10-13(21)20-7-5-19(6-8-20)12-4-3-11(9-18-12)14(15,16)17/h3-4,9H,2,5-8,10H2,1H3. The summed E-state index contributed by atoms with van der Waals surface area (Å²) in [6.07, 6.45) is -3.54. The van der Waals surface area contributed by atoms with Crippen LogP contribution in [0.4, 0.5) is 19.0 Å². The first-order valence-electron chi connectivity index (χ1n) is 7.05. The van der Waals surface area contributed by atoms with Crippen molar-refractivity contribution in [1.82, 2.24) is 9.88 Å². The van der Waals surface area contributed by atoms with E-state index in [1.54, 1.807) is 4.90 Å². The van der Waals surface area contributed by atoms with Crippen molar-refractivity contribution in [3.05, 3.63) is 23.9 Å². The zero-order chi connectivity index (χ0) is 16.2. The fraction of sp³-hybridized carbons (Fsp3) is 0.571. The monoisotopic (exact) mass is 317 g/mol. The zero-order valence-corrected chi connectivity index (χ0v) is 12.3. The minimum atomic E-state index is -4.38. The molecular weight excluding hydrogens is 299 g/mol. The Labute approximate surface area is 126 Å². The second kappa shape index (κ2) is 6.95. The van der Waals surface area contributed by atoms with Crippen molar-refractivity contribution in [1.29, 1.82) is 0 Å². The zero-order valence-electron chi connectivity index (χ0n) is 12.3. The second-order valence-electron chi connectivity index (χ2n) is 4.91. The number of aromatic nitrogens is 1. The maximum atomic E-state index is 12.5. The summed E-state index contributed by atoms with van der Waals surface area (Å²) in [5.74, 6) is 0.423. The van der Waals surface area contributed by atoms with Crippen LogP contribution in [0.15, 0.2) is 18.3 Å². The van der Waals surface area contributed by atoms with Gasteiger partial charge in [-0.15, -0.1) is 0 Å². The number of alkyl halides is 3. The molecule has 0 spiro atoms. The smallest absolute Gasteiger partial charge is 0.372 e. The third-order valence-electron chi connectivity index (χ3n) is 3.46. The van der Waals surface area contributed by atoms with Crippen LogP contribution < -0.4 is 4.90 Å². The normalized spacial score (nSPS) is 16.0. The van der Waals surface area contributed by atoms with Gasteiger partial charge in [0.05, 0.1) is 5.56 Å². The molecule has 0 saturated carbocycles. The summed E-state index contributed by atoms with van der Waals surface area (Å²) in [6, 6.07) is 2.38. The van der Waals surface area contributed by atoms with Crippen molar-refractivity contribution in [2.45, 2.75) is 13.1 Å². The van der Waals surface area contributed by atoms with Gasteiger partial charge < -0.3 is 14.5 Å². The molecule has 1 saturated heterocycles. The number of pyridine rings is 1. The largest absolute Gasteiger partial charge is 0.417 e. The molecule has 8 heteroatoms.